The molecule has 2 fully saturated rings. The Balaban J connectivity index is 1.45. The molecule has 32 heavy (non-hydrogen) atoms. The first-order valence-corrected chi connectivity index (χ1v) is 12.7. The number of amides is 2. The topological polar surface area (TPSA) is 144 Å². The van der Waals surface area contributed by atoms with Gasteiger partial charge in [0.15, 0.2) is 0 Å². The molecule has 3 unspecified atom stereocenters. The van der Waals surface area contributed by atoms with E-state index in [1.165, 1.54) is 0 Å². The molecule has 4 rings (SSSR count). The number of rotatable bonds is 7. The molecule has 1 heterocycles. The highest BCUT2D eigenvalue weighted by Crippen LogP contribution is 2.33. The van der Waals surface area contributed by atoms with Crippen molar-refractivity contribution < 1.29 is 18.0 Å². The van der Waals surface area contributed by atoms with Gasteiger partial charge < -0.3 is 15.6 Å². The van der Waals surface area contributed by atoms with Crippen LogP contribution in [0.5, 0.6) is 0 Å². The third kappa shape index (κ3) is 5.22. The van der Waals surface area contributed by atoms with Crippen LogP contribution in [0.2, 0.25) is 0 Å². The number of sulfonamides is 1. The second-order valence-electron chi connectivity index (χ2n) is 8.78. The van der Waals surface area contributed by atoms with Crippen molar-refractivity contribution in [1.82, 2.24) is 15.6 Å². The van der Waals surface area contributed by atoms with E-state index in [4.69, 9.17) is 0 Å². The van der Waals surface area contributed by atoms with Crippen molar-refractivity contribution >= 4 is 38.4 Å². The predicted molar refractivity (Wildman–Crippen MR) is 120 cm³/mol. The van der Waals surface area contributed by atoms with Gasteiger partial charge in [0, 0.05) is 16.9 Å². The van der Waals surface area contributed by atoms with E-state index in [0.29, 0.717) is 29.7 Å². The van der Waals surface area contributed by atoms with Crippen LogP contribution in [0.25, 0.3) is 10.9 Å². The smallest absolute Gasteiger partial charge is 0.267 e. The van der Waals surface area contributed by atoms with E-state index in [1.807, 2.05) is 0 Å². The van der Waals surface area contributed by atoms with E-state index >= 15 is 0 Å². The first-order valence-electron chi connectivity index (χ1n) is 10.8. The summed E-state index contributed by atoms with van der Waals surface area (Å²) in [6.45, 7) is 0. The summed E-state index contributed by atoms with van der Waals surface area (Å²) in [4.78, 5) is 28.8. The summed E-state index contributed by atoms with van der Waals surface area (Å²) >= 11 is 0. The second-order valence-corrected chi connectivity index (χ2v) is 10.5. The number of H-pyrrole nitrogens is 1. The molecule has 10 heteroatoms. The zero-order chi connectivity index (χ0) is 22.9. The van der Waals surface area contributed by atoms with Gasteiger partial charge in [-0.15, -0.1) is 0 Å². The molecule has 2 saturated carbocycles. The number of hydrogen-bond donors (Lipinski definition) is 4. The van der Waals surface area contributed by atoms with Crippen LogP contribution in [-0.2, 0) is 14.8 Å². The average molecular weight is 458 g/mol. The summed E-state index contributed by atoms with van der Waals surface area (Å²) < 4.78 is 25.3. The van der Waals surface area contributed by atoms with Gasteiger partial charge in [0.25, 0.3) is 5.91 Å². The number of nitriles is 1. The maximum atomic E-state index is 12.9. The molecule has 2 aliphatic carbocycles. The fourth-order valence-electron chi connectivity index (χ4n) is 4.34. The van der Waals surface area contributed by atoms with Crippen molar-refractivity contribution in [3.05, 3.63) is 30.0 Å². The van der Waals surface area contributed by atoms with Gasteiger partial charge >= 0.3 is 0 Å². The minimum absolute atomic E-state index is 0.165. The van der Waals surface area contributed by atoms with Crippen LogP contribution in [0.15, 0.2) is 24.3 Å². The van der Waals surface area contributed by atoms with E-state index in [0.717, 1.165) is 37.3 Å². The van der Waals surface area contributed by atoms with E-state index in [-0.39, 0.29) is 29.7 Å². The molecule has 1 aromatic heterocycles. The van der Waals surface area contributed by atoms with Crippen LogP contribution < -0.4 is 15.4 Å². The van der Waals surface area contributed by atoms with Crippen molar-refractivity contribution in [2.45, 2.75) is 50.6 Å². The fourth-order valence-corrected chi connectivity index (χ4v) is 4.89. The first kappa shape index (κ1) is 22.1. The maximum Gasteiger partial charge on any atom is 0.267 e. The lowest BCUT2D eigenvalue weighted by molar-refractivity contribution is -0.127. The van der Waals surface area contributed by atoms with Gasteiger partial charge in [-0.25, -0.2) is 8.42 Å². The maximum absolute atomic E-state index is 12.9. The molecule has 2 aliphatic rings. The summed E-state index contributed by atoms with van der Waals surface area (Å²) in [5, 5.41) is 16.0. The molecule has 4 N–H and O–H groups in total. The van der Waals surface area contributed by atoms with Crippen molar-refractivity contribution in [3.8, 4) is 6.07 Å². The molecule has 2 amide bonds. The minimum atomic E-state index is -3.40. The van der Waals surface area contributed by atoms with Gasteiger partial charge in [-0.3, -0.25) is 14.3 Å². The Morgan fingerprint density at radius 1 is 1.16 bits per heavy atom. The number of fused-ring (bicyclic) bond motifs is 1. The van der Waals surface area contributed by atoms with Crippen LogP contribution in [0.3, 0.4) is 0 Å². The lowest BCUT2D eigenvalue weighted by Gasteiger charge is -2.31. The Morgan fingerprint density at radius 2 is 1.91 bits per heavy atom. The van der Waals surface area contributed by atoms with Crippen LogP contribution in [0.1, 0.15) is 49.0 Å². The molecular formula is C22H27N5O4S. The molecule has 2 aromatic rings. The lowest BCUT2D eigenvalue weighted by atomic mass is 9.83. The number of benzene rings is 1. The van der Waals surface area contributed by atoms with E-state index in [1.54, 1.807) is 24.3 Å². The fraction of sp³-hybridized carbons (Fsp3) is 0.500. The van der Waals surface area contributed by atoms with Gasteiger partial charge in [0.05, 0.1) is 23.9 Å². The highest BCUT2D eigenvalue weighted by atomic mass is 32.2. The summed E-state index contributed by atoms with van der Waals surface area (Å²) in [5.74, 6) is -0.601. The van der Waals surface area contributed by atoms with Crippen molar-refractivity contribution in [1.29, 1.82) is 5.26 Å². The van der Waals surface area contributed by atoms with Crippen LogP contribution >= 0.6 is 0 Å². The highest BCUT2D eigenvalue weighted by molar-refractivity contribution is 7.92. The van der Waals surface area contributed by atoms with E-state index in [9.17, 15) is 23.3 Å². The standard InChI is InChI=1S/C22H27N5O4S/c1-32(30,31)27-15-9-8-14-10-19(24-18(14)11-15)22(29)25-17-5-3-2-4-16(17)21(28)26-20(12-23)13-6-7-13/h8-11,13,16-17,20,24,27H,2-7H2,1H3,(H,25,29)(H,26,28). The summed E-state index contributed by atoms with van der Waals surface area (Å²) in [6.07, 6.45) is 6.21. The zero-order valence-corrected chi connectivity index (χ0v) is 18.7. The third-order valence-electron chi connectivity index (χ3n) is 6.12. The normalized spacial score (nSPS) is 22.0. The summed E-state index contributed by atoms with van der Waals surface area (Å²) in [7, 11) is -3.40. The quantitative estimate of drug-likeness (QED) is 0.504. The van der Waals surface area contributed by atoms with Gasteiger partial charge in [-0.1, -0.05) is 18.9 Å². The molecule has 9 nitrogen and oxygen atoms in total. The number of hydrogen-bond acceptors (Lipinski definition) is 5. The molecule has 170 valence electrons. The molecule has 0 aliphatic heterocycles. The average Bonchev–Trinajstić information content (AvgIpc) is 3.49. The van der Waals surface area contributed by atoms with Crippen molar-refractivity contribution in [2.75, 3.05) is 11.0 Å². The largest absolute Gasteiger partial charge is 0.350 e. The predicted octanol–water partition coefficient (Wildman–Crippen LogP) is 2.25. The number of aromatic amines is 1. The van der Waals surface area contributed by atoms with Gasteiger partial charge in [-0.05, 0) is 49.8 Å². The Morgan fingerprint density at radius 3 is 2.59 bits per heavy atom. The van der Waals surface area contributed by atoms with Crippen LogP contribution in [0.4, 0.5) is 5.69 Å². The Labute approximate surface area is 187 Å². The third-order valence-corrected chi connectivity index (χ3v) is 6.73. The first-order chi connectivity index (χ1) is 15.2. The molecule has 0 spiro atoms. The molecule has 0 bridgehead atoms. The number of nitrogens with zero attached hydrogens (tertiary/aromatic N) is 1. The number of anilines is 1. The molecule has 1 aromatic carbocycles. The molecular weight excluding hydrogens is 430 g/mol. The van der Waals surface area contributed by atoms with Crippen molar-refractivity contribution in [2.24, 2.45) is 11.8 Å². The molecule has 3 atom stereocenters. The summed E-state index contributed by atoms with van der Waals surface area (Å²) in [6, 6.07) is 8.11. The van der Waals surface area contributed by atoms with Crippen LogP contribution in [0, 0.1) is 23.2 Å². The van der Waals surface area contributed by atoms with E-state index in [2.05, 4.69) is 26.4 Å². The number of carbonyl (C=O) groups excluding carboxylic acids is 2. The van der Waals surface area contributed by atoms with Gasteiger partial charge in [-0.2, -0.15) is 5.26 Å². The molecule has 0 saturated heterocycles. The second kappa shape index (κ2) is 8.82. The highest BCUT2D eigenvalue weighted by Gasteiger charge is 2.37. The Hall–Kier alpha value is -3.06. The van der Waals surface area contributed by atoms with Gasteiger partial charge in [0.2, 0.25) is 15.9 Å². The molecule has 0 radical (unpaired) electrons. The van der Waals surface area contributed by atoms with Crippen LogP contribution in [-0.4, -0.2) is 43.6 Å². The number of nitrogens with one attached hydrogen (secondary N) is 4. The lowest BCUT2D eigenvalue weighted by Crippen LogP contribution is -2.50. The summed E-state index contributed by atoms with van der Waals surface area (Å²) in [5.41, 5.74) is 1.37. The Kier molecular flexibility index (Phi) is 6.11. The minimum Gasteiger partial charge on any atom is -0.350 e. The SMILES string of the molecule is CS(=O)(=O)Nc1ccc2cc(C(=O)NC3CCCCC3C(=O)NC(C#N)C3CC3)[nH]c2c1. The van der Waals surface area contributed by atoms with Gasteiger partial charge in [0.1, 0.15) is 11.7 Å². The van der Waals surface area contributed by atoms with Crippen molar-refractivity contribution in [3.63, 3.8) is 0 Å². The number of aromatic nitrogens is 1. The Bertz CT molecular complexity index is 1180. The monoisotopic (exact) mass is 457 g/mol. The van der Waals surface area contributed by atoms with E-state index < -0.39 is 16.1 Å². The zero-order valence-electron chi connectivity index (χ0n) is 17.8. The number of carbonyl (C=O) groups is 2.